The van der Waals surface area contributed by atoms with Crippen molar-refractivity contribution in [3.05, 3.63) is 83.9 Å². The summed E-state index contributed by atoms with van der Waals surface area (Å²) in [4.78, 5) is 12.2. The molecule has 0 spiro atoms. The molecule has 0 saturated heterocycles. The highest BCUT2D eigenvalue weighted by atomic mass is 16.5. The van der Waals surface area contributed by atoms with E-state index in [1.165, 1.54) is 0 Å². The Hall–Kier alpha value is -3.60. The molecule has 0 aliphatic heterocycles. The average molecular weight is 360 g/mol. The first-order valence-corrected chi connectivity index (χ1v) is 8.42. The topological polar surface area (TPSA) is 59.9 Å². The second kappa shape index (κ2) is 8.67. The molecule has 1 N–H and O–H groups in total. The fourth-order valence-electron chi connectivity index (χ4n) is 2.61. The highest BCUT2D eigenvalue weighted by molar-refractivity contribution is 5.95. The number of ether oxygens (including phenoxy) is 2. The smallest absolute Gasteiger partial charge is 0.271 e. The van der Waals surface area contributed by atoms with Gasteiger partial charge >= 0.3 is 0 Å². The fraction of sp³-hybridized carbons (Fsp3) is 0.0909. The van der Waals surface area contributed by atoms with Crippen molar-refractivity contribution in [3.63, 3.8) is 0 Å². The number of methoxy groups -OCH3 is 2. The van der Waals surface area contributed by atoms with Gasteiger partial charge in [-0.1, -0.05) is 42.5 Å². The van der Waals surface area contributed by atoms with Gasteiger partial charge in [0.25, 0.3) is 5.91 Å². The van der Waals surface area contributed by atoms with Gasteiger partial charge in [0.1, 0.15) is 0 Å². The van der Waals surface area contributed by atoms with Crippen molar-refractivity contribution in [2.24, 2.45) is 5.10 Å². The lowest BCUT2D eigenvalue weighted by Crippen LogP contribution is -2.17. The molecule has 0 heterocycles. The van der Waals surface area contributed by atoms with Gasteiger partial charge in [0.2, 0.25) is 0 Å². The monoisotopic (exact) mass is 360 g/mol. The Balaban J connectivity index is 1.64. The number of hydrogen-bond donors (Lipinski definition) is 1. The second-order valence-electron chi connectivity index (χ2n) is 5.76. The number of hydrazone groups is 1. The molecule has 3 aromatic rings. The maximum Gasteiger partial charge on any atom is 0.271 e. The fourth-order valence-corrected chi connectivity index (χ4v) is 2.61. The van der Waals surface area contributed by atoms with Gasteiger partial charge in [0.05, 0.1) is 20.4 Å². The number of rotatable bonds is 6. The summed E-state index contributed by atoms with van der Waals surface area (Å²) in [6.45, 7) is 0. The molecular weight excluding hydrogens is 340 g/mol. The van der Waals surface area contributed by atoms with Crippen LogP contribution in [0, 0.1) is 0 Å². The second-order valence-corrected chi connectivity index (χ2v) is 5.76. The average Bonchev–Trinajstić information content (AvgIpc) is 2.74. The summed E-state index contributed by atoms with van der Waals surface area (Å²) in [6.07, 6.45) is 1.55. The molecule has 0 saturated carbocycles. The highest BCUT2D eigenvalue weighted by Gasteiger charge is 2.06. The van der Waals surface area contributed by atoms with Crippen molar-refractivity contribution >= 4 is 12.1 Å². The zero-order valence-corrected chi connectivity index (χ0v) is 15.2. The lowest BCUT2D eigenvalue weighted by atomic mass is 10.0. The zero-order valence-electron chi connectivity index (χ0n) is 15.2. The third kappa shape index (κ3) is 4.52. The minimum Gasteiger partial charge on any atom is -0.493 e. The minimum atomic E-state index is -0.272. The van der Waals surface area contributed by atoms with Crippen LogP contribution >= 0.6 is 0 Å². The number of benzene rings is 3. The van der Waals surface area contributed by atoms with Crippen LogP contribution in [0.4, 0.5) is 0 Å². The molecule has 0 atom stereocenters. The number of nitrogens with one attached hydrogen (secondary N) is 1. The van der Waals surface area contributed by atoms with E-state index in [1.54, 1.807) is 44.7 Å². The molecular formula is C22H20N2O3. The third-order valence-corrected chi connectivity index (χ3v) is 4.04. The number of amides is 1. The quantitative estimate of drug-likeness (QED) is 0.531. The summed E-state index contributed by atoms with van der Waals surface area (Å²) in [5, 5.41) is 4.01. The molecule has 0 fully saturated rings. The van der Waals surface area contributed by atoms with E-state index < -0.39 is 0 Å². The lowest BCUT2D eigenvalue weighted by Gasteiger charge is -2.07. The van der Waals surface area contributed by atoms with Crippen molar-refractivity contribution in [1.82, 2.24) is 5.43 Å². The summed E-state index contributed by atoms with van der Waals surface area (Å²) < 4.78 is 10.4. The van der Waals surface area contributed by atoms with Crippen molar-refractivity contribution in [2.45, 2.75) is 0 Å². The summed E-state index contributed by atoms with van der Waals surface area (Å²) in [5.74, 6) is 0.966. The molecule has 0 bridgehead atoms. The van der Waals surface area contributed by atoms with E-state index in [0.29, 0.717) is 17.1 Å². The van der Waals surface area contributed by atoms with Gasteiger partial charge in [0, 0.05) is 5.56 Å². The molecule has 3 rings (SSSR count). The van der Waals surface area contributed by atoms with E-state index in [4.69, 9.17) is 9.47 Å². The molecule has 27 heavy (non-hydrogen) atoms. The molecule has 1 amide bonds. The van der Waals surface area contributed by atoms with Crippen molar-refractivity contribution in [1.29, 1.82) is 0 Å². The predicted octanol–water partition coefficient (Wildman–Crippen LogP) is 4.13. The molecule has 5 heteroatoms. The maximum absolute atomic E-state index is 12.2. The maximum atomic E-state index is 12.2. The molecule has 0 aliphatic carbocycles. The minimum absolute atomic E-state index is 0.272. The van der Waals surface area contributed by atoms with Crippen molar-refractivity contribution in [2.75, 3.05) is 14.2 Å². The summed E-state index contributed by atoms with van der Waals surface area (Å²) >= 11 is 0. The van der Waals surface area contributed by atoms with Crippen LogP contribution in [-0.2, 0) is 0 Å². The van der Waals surface area contributed by atoms with Gasteiger partial charge in [-0.3, -0.25) is 4.79 Å². The standard InChI is InChI=1S/C22H20N2O3/c1-26-20-13-8-16(14-21(20)27-2)15-23-24-22(25)19-11-9-18(10-12-19)17-6-4-3-5-7-17/h3-15H,1-2H3,(H,24,25)/b23-15-. The third-order valence-electron chi connectivity index (χ3n) is 4.04. The molecule has 0 aromatic heterocycles. The Morgan fingerprint density at radius 2 is 1.52 bits per heavy atom. The number of hydrogen-bond acceptors (Lipinski definition) is 4. The largest absolute Gasteiger partial charge is 0.493 e. The van der Waals surface area contributed by atoms with E-state index in [1.807, 2.05) is 48.5 Å². The predicted molar refractivity (Wildman–Crippen MR) is 106 cm³/mol. The van der Waals surface area contributed by atoms with Crippen LogP contribution < -0.4 is 14.9 Å². The van der Waals surface area contributed by atoms with Gasteiger partial charge in [0.15, 0.2) is 11.5 Å². The Kier molecular flexibility index (Phi) is 5.84. The molecule has 0 radical (unpaired) electrons. The van der Waals surface area contributed by atoms with Gasteiger partial charge in [-0.15, -0.1) is 0 Å². The Labute approximate surface area is 158 Å². The van der Waals surface area contributed by atoms with Crippen LogP contribution in [0.15, 0.2) is 77.9 Å². The van der Waals surface area contributed by atoms with E-state index in [-0.39, 0.29) is 5.91 Å². The molecule has 0 unspecified atom stereocenters. The van der Waals surface area contributed by atoms with E-state index in [2.05, 4.69) is 10.5 Å². The summed E-state index contributed by atoms with van der Waals surface area (Å²) in [6, 6.07) is 22.8. The van der Waals surface area contributed by atoms with Gasteiger partial charge < -0.3 is 9.47 Å². The van der Waals surface area contributed by atoms with Crippen molar-refractivity contribution in [3.8, 4) is 22.6 Å². The summed E-state index contributed by atoms with van der Waals surface area (Å²) in [5.41, 5.74) is 6.02. The number of nitrogens with zero attached hydrogens (tertiary/aromatic N) is 1. The highest BCUT2D eigenvalue weighted by Crippen LogP contribution is 2.26. The molecule has 0 aliphatic rings. The Morgan fingerprint density at radius 3 is 2.19 bits per heavy atom. The van der Waals surface area contributed by atoms with E-state index in [9.17, 15) is 4.79 Å². The van der Waals surface area contributed by atoms with Crippen LogP contribution in [0.1, 0.15) is 15.9 Å². The normalized spacial score (nSPS) is 10.6. The molecule has 5 nitrogen and oxygen atoms in total. The Bertz CT molecular complexity index is 936. The lowest BCUT2D eigenvalue weighted by molar-refractivity contribution is 0.0955. The molecule has 3 aromatic carbocycles. The van der Waals surface area contributed by atoms with E-state index >= 15 is 0 Å². The van der Waals surface area contributed by atoms with Crippen LogP contribution in [0.2, 0.25) is 0 Å². The van der Waals surface area contributed by atoms with Crippen LogP contribution in [0.25, 0.3) is 11.1 Å². The number of carbonyl (C=O) groups is 1. The summed E-state index contributed by atoms with van der Waals surface area (Å²) in [7, 11) is 3.15. The number of carbonyl (C=O) groups excluding carboxylic acids is 1. The zero-order chi connectivity index (χ0) is 19.1. The SMILES string of the molecule is COc1ccc(/C=N\NC(=O)c2ccc(-c3ccccc3)cc2)cc1OC. The first-order chi connectivity index (χ1) is 13.2. The Morgan fingerprint density at radius 1 is 0.852 bits per heavy atom. The van der Waals surface area contributed by atoms with E-state index in [0.717, 1.165) is 16.7 Å². The van der Waals surface area contributed by atoms with Crippen molar-refractivity contribution < 1.29 is 14.3 Å². The van der Waals surface area contributed by atoms with Crippen LogP contribution in [0.3, 0.4) is 0 Å². The van der Waals surface area contributed by atoms with Gasteiger partial charge in [-0.05, 0) is 47.0 Å². The van der Waals surface area contributed by atoms with Gasteiger partial charge in [-0.2, -0.15) is 5.10 Å². The first-order valence-electron chi connectivity index (χ1n) is 8.42. The van der Waals surface area contributed by atoms with Gasteiger partial charge in [-0.25, -0.2) is 5.43 Å². The van der Waals surface area contributed by atoms with Crippen LogP contribution in [0.5, 0.6) is 11.5 Å². The molecule has 136 valence electrons. The van der Waals surface area contributed by atoms with Crippen LogP contribution in [-0.4, -0.2) is 26.3 Å². The first kappa shape index (κ1) is 18.2.